The maximum absolute atomic E-state index is 12.4. The Hall–Kier alpha value is -3.64. The molecule has 3 rings (SSSR count). The third-order valence-corrected chi connectivity index (χ3v) is 4.59. The van der Waals surface area contributed by atoms with E-state index in [2.05, 4.69) is 5.32 Å². The number of anilines is 2. The predicted octanol–water partition coefficient (Wildman–Crippen LogP) is 4.16. The number of aliphatic hydroxyl groups is 1. The molecule has 0 radical (unpaired) electrons. The summed E-state index contributed by atoms with van der Waals surface area (Å²) < 4.78 is 5.30. The van der Waals surface area contributed by atoms with Crippen molar-refractivity contribution in [3.8, 4) is 0 Å². The van der Waals surface area contributed by atoms with Crippen molar-refractivity contribution in [2.75, 3.05) is 30.4 Å². The van der Waals surface area contributed by atoms with E-state index in [1.807, 2.05) is 36.2 Å². The minimum atomic E-state index is -0.338. The van der Waals surface area contributed by atoms with Gasteiger partial charge in [-0.05, 0) is 67.1 Å². The van der Waals surface area contributed by atoms with Crippen LogP contribution in [-0.4, -0.2) is 37.0 Å². The number of carbonyl (C=O) groups is 2. The van der Waals surface area contributed by atoms with Gasteiger partial charge in [0.05, 0.1) is 6.61 Å². The number of benzene rings is 2. The third-order valence-electron chi connectivity index (χ3n) is 4.59. The summed E-state index contributed by atoms with van der Waals surface area (Å²) in [6.45, 7) is 2.43. The normalized spacial score (nSPS) is 10.9. The van der Waals surface area contributed by atoms with Crippen LogP contribution in [0.15, 0.2) is 71.2 Å². The van der Waals surface area contributed by atoms with Crippen molar-refractivity contribution < 1.29 is 19.1 Å². The second kappa shape index (κ2) is 9.71. The van der Waals surface area contributed by atoms with Gasteiger partial charge in [-0.2, -0.15) is 0 Å². The highest BCUT2D eigenvalue weighted by Crippen LogP contribution is 2.16. The molecule has 1 aromatic heterocycles. The van der Waals surface area contributed by atoms with Crippen molar-refractivity contribution in [3.05, 3.63) is 89.4 Å². The lowest BCUT2D eigenvalue weighted by atomic mass is 10.1. The first-order valence-electron chi connectivity index (χ1n) is 9.58. The Kier molecular flexibility index (Phi) is 6.83. The summed E-state index contributed by atoms with van der Waals surface area (Å²) in [6.07, 6.45) is 3.28. The van der Waals surface area contributed by atoms with E-state index >= 15 is 0 Å². The largest absolute Gasteiger partial charge is 0.456 e. The van der Waals surface area contributed by atoms with Crippen molar-refractivity contribution in [1.82, 2.24) is 0 Å². The number of nitrogens with zero attached hydrogens (tertiary/aromatic N) is 1. The summed E-state index contributed by atoms with van der Waals surface area (Å²) in [4.78, 5) is 26.5. The molecule has 0 aliphatic heterocycles. The standard InChI is InChI=1S/C24H24N2O4/c1-17-3-14-23(30-17)24(29)25-20-9-7-19(8-10-20)22(28)13-6-18-4-11-21(12-5-18)26(2)15-16-27/h3-14,27H,15-16H2,1-2H3,(H,25,29)/b13-6+. The van der Waals surface area contributed by atoms with Gasteiger partial charge in [-0.3, -0.25) is 9.59 Å². The van der Waals surface area contributed by atoms with Crippen LogP contribution in [0.5, 0.6) is 0 Å². The van der Waals surface area contributed by atoms with Gasteiger partial charge in [0.15, 0.2) is 11.5 Å². The van der Waals surface area contributed by atoms with Gasteiger partial charge >= 0.3 is 0 Å². The number of likely N-dealkylation sites (N-methyl/N-ethyl adjacent to an activating group) is 1. The molecule has 154 valence electrons. The Morgan fingerprint density at radius 3 is 2.33 bits per heavy atom. The number of ketones is 1. The molecule has 0 atom stereocenters. The average Bonchev–Trinajstić information content (AvgIpc) is 3.19. The van der Waals surface area contributed by atoms with Crippen molar-refractivity contribution >= 4 is 29.1 Å². The first kappa shape index (κ1) is 21.1. The van der Waals surface area contributed by atoms with Gasteiger partial charge in [-0.1, -0.05) is 18.2 Å². The van der Waals surface area contributed by atoms with Crippen molar-refractivity contribution in [2.45, 2.75) is 6.92 Å². The smallest absolute Gasteiger partial charge is 0.291 e. The highest BCUT2D eigenvalue weighted by Gasteiger charge is 2.10. The van der Waals surface area contributed by atoms with Crippen molar-refractivity contribution in [2.24, 2.45) is 0 Å². The second-order valence-electron chi connectivity index (χ2n) is 6.88. The maximum atomic E-state index is 12.4. The molecule has 0 fully saturated rings. The molecule has 1 heterocycles. The molecule has 0 aliphatic rings. The summed E-state index contributed by atoms with van der Waals surface area (Å²) in [5.41, 5.74) is 3.01. The lowest BCUT2D eigenvalue weighted by molar-refractivity contribution is 0.0994. The van der Waals surface area contributed by atoms with Crippen molar-refractivity contribution in [3.63, 3.8) is 0 Å². The molecule has 1 amide bonds. The van der Waals surface area contributed by atoms with Crippen LogP contribution >= 0.6 is 0 Å². The first-order valence-corrected chi connectivity index (χ1v) is 9.58. The van der Waals surface area contributed by atoms with Gasteiger partial charge in [-0.15, -0.1) is 0 Å². The maximum Gasteiger partial charge on any atom is 0.291 e. The quantitative estimate of drug-likeness (QED) is 0.435. The van der Waals surface area contributed by atoms with E-state index in [9.17, 15) is 9.59 Å². The van der Waals surface area contributed by atoms with Crippen LogP contribution in [0.25, 0.3) is 6.08 Å². The fourth-order valence-corrected chi connectivity index (χ4v) is 2.85. The second-order valence-corrected chi connectivity index (χ2v) is 6.88. The first-order chi connectivity index (χ1) is 14.5. The minimum absolute atomic E-state index is 0.0949. The number of allylic oxidation sites excluding steroid dienone is 1. The van der Waals surface area contributed by atoms with Crippen LogP contribution in [0.1, 0.15) is 32.2 Å². The topological polar surface area (TPSA) is 82.8 Å². The molecule has 2 aromatic carbocycles. The number of rotatable bonds is 8. The van der Waals surface area contributed by atoms with E-state index in [-0.39, 0.29) is 24.1 Å². The summed E-state index contributed by atoms with van der Waals surface area (Å²) >= 11 is 0. The number of furan rings is 1. The van der Waals surface area contributed by atoms with E-state index in [1.54, 1.807) is 49.4 Å². The van der Waals surface area contributed by atoms with E-state index in [4.69, 9.17) is 9.52 Å². The number of aryl methyl sites for hydroxylation is 1. The van der Waals surface area contributed by atoms with Crippen molar-refractivity contribution in [1.29, 1.82) is 0 Å². The molecule has 0 unspecified atom stereocenters. The van der Waals surface area contributed by atoms with Crippen LogP contribution < -0.4 is 10.2 Å². The molecular formula is C24H24N2O4. The fraction of sp³-hybridized carbons (Fsp3) is 0.167. The molecule has 30 heavy (non-hydrogen) atoms. The van der Waals surface area contributed by atoms with E-state index in [1.165, 1.54) is 6.08 Å². The molecular weight excluding hydrogens is 380 g/mol. The van der Waals surface area contributed by atoms with Crippen LogP contribution in [0.2, 0.25) is 0 Å². The molecule has 3 aromatic rings. The Morgan fingerprint density at radius 2 is 1.73 bits per heavy atom. The highest BCUT2D eigenvalue weighted by molar-refractivity contribution is 6.07. The van der Waals surface area contributed by atoms with Gasteiger partial charge in [0, 0.05) is 30.5 Å². The minimum Gasteiger partial charge on any atom is -0.456 e. The molecule has 0 bridgehead atoms. The van der Waals surface area contributed by atoms with Gasteiger partial charge in [0.25, 0.3) is 5.91 Å². The molecule has 0 aliphatic carbocycles. The summed E-state index contributed by atoms with van der Waals surface area (Å²) in [5.74, 6) is 0.440. The predicted molar refractivity (Wildman–Crippen MR) is 118 cm³/mol. The Morgan fingerprint density at radius 1 is 1.03 bits per heavy atom. The molecule has 2 N–H and O–H groups in total. The number of carbonyl (C=O) groups excluding carboxylic acids is 2. The zero-order chi connectivity index (χ0) is 21.5. The monoisotopic (exact) mass is 404 g/mol. The lowest BCUT2D eigenvalue weighted by Gasteiger charge is -2.17. The lowest BCUT2D eigenvalue weighted by Crippen LogP contribution is -2.20. The average molecular weight is 404 g/mol. The zero-order valence-electron chi connectivity index (χ0n) is 17.0. The van der Waals surface area contributed by atoms with E-state index in [0.717, 1.165) is 11.3 Å². The number of hydrogen-bond donors (Lipinski definition) is 2. The molecule has 6 heteroatoms. The number of nitrogens with one attached hydrogen (secondary N) is 1. The Balaban J connectivity index is 1.59. The highest BCUT2D eigenvalue weighted by atomic mass is 16.3. The Bertz CT molecular complexity index is 1030. The van der Waals surface area contributed by atoms with Gasteiger partial charge in [-0.25, -0.2) is 0 Å². The summed E-state index contributed by atoms with van der Waals surface area (Å²) in [7, 11) is 1.91. The zero-order valence-corrected chi connectivity index (χ0v) is 17.0. The summed E-state index contributed by atoms with van der Waals surface area (Å²) in [6, 6.07) is 17.8. The van der Waals surface area contributed by atoms with Crippen LogP contribution in [0, 0.1) is 6.92 Å². The van der Waals surface area contributed by atoms with Gasteiger partial charge in [0.1, 0.15) is 5.76 Å². The number of hydrogen-bond acceptors (Lipinski definition) is 5. The number of amides is 1. The molecule has 0 saturated carbocycles. The number of aliphatic hydroxyl groups excluding tert-OH is 1. The fourth-order valence-electron chi connectivity index (χ4n) is 2.85. The SMILES string of the molecule is Cc1ccc(C(=O)Nc2ccc(C(=O)/C=C/c3ccc(N(C)CCO)cc3)cc2)o1. The van der Waals surface area contributed by atoms with Crippen LogP contribution in [-0.2, 0) is 0 Å². The van der Waals surface area contributed by atoms with Crippen LogP contribution in [0.4, 0.5) is 11.4 Å². The third kappa shape index (κ3) is 5.46. The van der Waals surface area contributed by atoms with E-state index in [0.29, 0.717) is 23.6 Å². The molecule has 6 nitrogen and oxygen atoms in total. The van der Waals surface area contributed by atoms with E-state index < -0.39 is 0 Å². The molecule has 0 spiro atoms. The Labute approximate surface area is 175 Å². The van der Waals surface area contributed by atoms with Gasteiger partial charge < -0.3 is 19.7 Å². The molecule has 0 saturated heterocycles. The summed E-state index contributed by atoms with van der Waals surface area (Å²) in [5, 5.41) is 11.7. The van der Waals surface area contributed by atoms with Gasteiger partial charge in [0.2, 0.25) is 0 Å². The van der Waals surface area contributed by atoms with Crippen LogP contribution in [0.3, 0.4) is 0 Å².